The Labute approximate surface area is 105 Å². The molecule has 1 aromatic rings. The van der Waals surface area contributed by atoms with Crippen molar-refractivity contribution in [1.82, 2.24) is 4.98 Å². The number of anilines is 1. The topological polar surface area (TPSA) is 53.4 Å². The number of carboxylic acids is 1. The number of hydrogen-bond donors (Lipinski definition) is 1. The van der Waals surface area contributed by atoms with Gasteiger partial charge in [0.05, 0.1) is 10.6 Å². The molecule has 4 nitrogen and oxygen atoms in total. The molecule has 1 N–H and O–H groups in total. The van der Waals surface area contributed by atoms with E-state index in [9.17, 15) is 4.79 Å². The molecule has 0 bridgehead atoms. The number of pyridine rings is 1. The van der Waals surface area contributed by atoms with Crippen LogP contribution >= 0.6 is 11.6 Å². The lowest BCUT2D eigenvalue weighted by Crippen LogP contribution is -2.27. The molecule has 0 aromatic carbocycles. The van der Waals surface area contributed by atoms with E-state index in [2.05, 4.69) is 16.8 Å². The van der Waals surface area contributed by atoms with Gasteiger partial charge in [-0.15, -0.1) is 0 Å². The molecule has 92 valence electrons. The van der Waals surface area contributed by atoms with Gasteiger partial charge in [0, 0.05) is 18.8 Å². The Kier molecular flexibility index (Phi) is 3.52. The molecule has 0 saturated heterocycles. The second-order valence-corrected chi connectivity index (χ2v) is 4.67. The summed E-state index contributed by atoms with van der Waals surface area (Å²) in [6.07, 6.45) is 4.72. The van der Waals surface area contributed by atoms with E-state index in [0.717, 1.165) is 13.0 Å². The predicted molar refractivity (Wildman–Crippen MR) is 66.9 cm³/mol. The average Bonchev–Trinajstić information content (AvgIpc) is 3.10. The van der Waals surface area contributed by atoms with Crippen molar-refractivity contribution >= 4 is 23.4 Å². The summed E-state index contributed by atoms with van der Waals surface area (Å²) in [4.78, 5) is 17.2. The van der Waals surface area contributed by atoms with Crippen LogP contribution in [0.1, 0.15) is 36.5 Å². The van der Waals surface area contributed by atoms with Crippen LogP contribution in [0.3, 0.4) is 0 Å². The van der Waals surface area contributed by atoms with Crippen LogP contribution in [-0.2, 0) is 0 Å². The number of carbonyl (C=O) groups is 1. The fourth-order valence-electron chi connectivity index (χ4n) is 1.85. The van der Waals surface area contributed by atoms with E-state index in [-0.39, 0.29) is 5.56 Å². The normalized spacial score (nSPS) is 14.7. The van der Waals surface area contributed by atoms with Crippen LogP contribution in [0.2, 0.25) is 5.02 Å². The highest BCUT2D eigenvalue weighted by atomic mass is 35.5. The lowest BCUT2D eigenvalue weighted by Gasteiger charge is -2.23. The number of carboxylic acid groups (broad SMARTS) is 1. The van der Waals surface area contributed by atoms with Crippen molar-refractivity contribution in [3.8, 4) is 0 Å². The van der Waals surface area contributed by atoms with Crippen molar-refractivity contribution in [3.05, 3.63) is 22.8 Å². The first-order valence-electron chi connectivity index (χ1n) is 5.79. The van der Waals surface area contributed by atoms with E-state index in [4.69, 9.17) is 16.7 Å². The first-order chi connectivity index (χ1) is 8.13. The van der Waals surface area contributed by atoms with Crippen LogP contribution in [0, 0.1) is 0 Å². The van der Waals surface area contributed by atoms with Gasteiger partial charge in [-0.25, -0.2) is 9.78 Å². The molecule has 0 unspecified atom stereocenters. The van der Waals surface area contributed by atoms with Crippen LogP contribution in [0.25, 0.3) is 0 Å². The van der Waals surface area contributed by atoms with Crippen LogP contribution in [0.4, 0.5) is 5.82 Å². The summed E-state index contributed by atoms with van der Waals surface area (Å²) >= 11 is 6.11. The van der Waals surface area contributed by atoms with E-state index < -0.39 is 5.97 Å². The minimum Gasteiger partial charge on any atom is -0.478 e. The highest BCUT2D eigenvalue weighted by Crippen LogP contribution is 2.34. The third kappa shape index (κ3) is 2.69. The summed E-state index contributed by atoms with van der Waals surface area (Å²) in [6, 6.07) is 1.99. The Morgan fingerprint density at radius 3 is 2.82 bits per heavy atom. The number of aromatic carboxylic acids is 1. The molecule has 5 heteroatoms. The van der Waals surface area contributed by atoms with Crippen LogP contribution in [0.15, 0.2) is 12.3 Å². The molecular weight excluding hydrogens is 240 g/mol. The number of rotatable bonds is 5. The highest BCUT2D eigenvalue weighted by Gasteiger charge is 2.30. The fourth-order valence-corrected chi connectivity index (χ4v) is 2.12. The number of nitrogens with zero attached hydrogens (tertiary/aromatic N) is 2. The van der Waals surface area contributed by atoms with Gasteiger partial charge >= 0.3 is 5.97 Å². The van der Waals surface area contributed by atoms with Crippen LogP contribution < -0.4 is 4.90 Å². The molecule has 1 heterocycles. The largest absolute Gasteiger partial charge is 0.478 e. The minimum absolute atomic E-state index is 0.131. The summed E-state index contributed by atoms with van der Waals surface area (Å²) < 4.78 is 0. The van der Waals surface area contributed by atoms with Gasteiger partial charge in [-0.05, 0) is 25.3 Å². The first kappa shape index (κ1) is 12.2. The molecule has 2 rings (SSSR count). The maximum atomic E-state index is 10.8. The average molecular weight is 255 g/mol. The maximum Gasteiger partial charge on any atom is 0.337 e. The van der Waals surface area contributed by atoms with Gasteiger partial charge in [-0.1, -0.05) is 18.5 Å². The Hall–Kier alpha value is -1.29. The second-order valence-electron chi connectivity index (χ2n) is 4.26. The summed E-state index contributed by atoms with van der Waals surface area (Å²) in [5.41, 5.74) is 0.131. The molecular formula is C12H15ClN2O2. The Morgan fingerprint density at radius 2 is 2.35 bits per heavy atom. The third-order valence-corrected chi connectivity index (χ3v) is 3.07. The zero-order valence-electron chi connectivity index (χ0n) is 9.69. The Bertz CT molecular complexity index is 433. The fraction of sp³-hybridized carbons (Fsp3) is 0.500. The Balaban J connectivity index is 2.27. The zero-order valence-corrected chi connectivity index (χ0v) is 10.4. The van der Waals surface area contributed by atoms with Crippen LogP contribution in [-0.4, -0.2) is 28.6 Å². The van der Waals surface area contributed by atoms with Gasteiger partial charge in [0.1, 0.15) is 5.82 Å². The summed E-state index contributed by atoms with van der Waals surface area (Å²) in [5.74, 6) is -0.291. The van der Waals surface area contributed by atoms with Gasteiger partial charge in [0.15, 0.2) is 0 Å². The number of aromatic nitrogens is 1. The molecule has 1 aliphatic carbocycles. The standard InChI is InChI=1S/C12H15ClN2O2/c1-2-5-15(9-3-4-9)11-10(13)6-8(7-14-11)12(16)17/h6-7,9H,2-5H2,1H3,(H,16,17). The molecule has 0 radical (unpaired) electrons. The van der Waals surface area contributed by atoms with Crippen molar-refractivity contribution in [2.75, 3.05) is 11.4 Å². The van der Waals surface area contributed by atoms with Crippen LogP contribution in [0.5, 0.6) is 0 Å². The van der Waals surface area contributed by atoms with Gasteiger partial charge in [0.25, 0.3) is 0 Å². The monoisotopic (exact) mass is 254 g/mol. The number of hydrogen-bond acceptors (Lipinski definition) is 3. The lowest BCUT2D eigenvalue weighted by molar-refractivity contribution is 0.0696. The van der Waals surface area contributed by atoms with Crippen molar-refractivity contribution in [1.29, 1.82) is 0 Å². The molecule has 1 aliphatic rings. The Morgan fingerprint density at radius 1 is 1.65 bits per heavy atom. The van der Waals surface area contributed by atoms with Gasteiger partial charge in [-0.2, -0.15) is 0 Å². The molecule has 0 atom stereocenters. The molecule has 1 aromatic heterocycles. The molecule has 1 saturated carbocycles. The predicted octanol–water partition coefficient (Wildman–Crippen LogP) is 2.81. The van der Waals surface area contributed by atoms with Gasteiger partial charge < -0.3 is 10.0 Å². The first-order valence-corrected chi connectivity index (χ1v) is 6.16. The molecule has 0 aliphatic heterocycles. The minimum atomic E-state index is -1.00. The van der Waals surface area contributed by atoms with E-state index >= 15 is 0 Å². The van der Waals surface area contributed by atoms with Gasteiger partial charge in [0.2, 0.25) is 0 Å². The van der Waals surface area contributed by atoms with E-state index in [1.54, 1.807) is 0 Å². The van der Waals surface area contributed by atoms with E-state index in [1.165, 1.54) is 25.1 Å². The van der Waals surface area contributed by atoms with E-state index in [0.29, 0.717) is 16.9 Å². The van der Waals surface area contributed by atoms with Crippen molar-refractivity contribution in [3.63, 3.8) is 0 Å². The quantitative estimate of drug-likeness (QED) is 0.878. The highest BCUT2D eigenvalue weighted by molar-refractivity contribution is 6.33. The van der Waals surface area contributed by atoms with Gasteiger partial charge in [-0.3, -0.25) is 0 Å². The summed E-state index contributed by atoms with van der Waals surface area (Å²) in [5, 5.41) is 9.27. The maximum absolute atomic E-state index is 10.8. The molecule has 0 amide bonds. The van der Waals surface area contributed by atoms with Crippen molar-refractivity contribution in [2.45, 2.75) is 32.2 Å². The SMILES string of the molecule is CCCN(c1ncc(C(=O)O)cc1Cl)C1CC1. The van der Waals surface area contributed by atoms with Crippen molar-refractivity contribution in [2.24, 2.45) is 0 Å². The molecule has 1 fully saturated rings. The third-order valence-electron chi connectivity index (χ3n) is 2.79. The zero-order chi connectivity index (χ0) is 12.4. The smallest absolute Gasteiger partial charge is 0.337 e. The van der Waals surface area contributed by atoms with E-state index in [1.807, 2.05) is 0 Å². The molecule has 0 spiro atoms. The molecule has 17 heavy (non-hydrogen) atoms. The second kappa shape index (κ2) is 4.92. The van der Waals surface area contributed by atoms with Crippen molar-refractivity contribution < 1.29 is 9.90 Å². The summed E-state index contributed by atoms with van der Waals surface area (Å²) in [6.45, 7) is 3.01. The summed E-state index contributed by atoms with van der Waals surface area (Å²) in [7, 11) is 0. The lowest BCUT2D eigenvalue weighted by atomic mass is 10.2. The number of halogens is 1.